The van der Waals surface area contributed by atoms with Gasteiger partial charge in [0.25, 0.3) is 5.91 Å². The Labute approximate surface area is 157 Å². The van der Waals surface area contributed by atoms with Gasteiger partial charge in [-0.05, 0) is 47.9 Å². The van der Waals surface area contributed by atoms with E-state index >= 15 is 0 Å². The first kappa shape index (κ1) is 16.8. The average Bonchev–Trinajstić information content (AvgIpc) is 3.10. The van der Waals surface area contributed by atoms with Gasteiger partial charge in [0.2, 0.25) is 0 Å². The number of carbonyl (C=O) groups is 1. The van der Waals surface area contributed by atoms with Crippen LogP contribution in [0.3, 0.4) is 0 Å². The minimum atomic E-state index is -0.260. The number of nitrogens with zero attached hydrogens (tertiary/aromatic N) is 1. The highest BCUT2D eigenvalue weighted by Gasteiger charge is 2.15. The van der Waals surface area contributed by atoms with Gasteiger partial charge in [-0.1, -0.05) is 42.5 Å². The molecule has 0 aliphatic heterocycles. The minimum absolute atomic E-state index is 0.260. The number of nitrogens with one attached hydrogen (secondary N) is 2. The molecule has 5 heteroatoms. The minimum Gasteiger partial charge on any atom is -0.496 e. The number of aromatic amines is 1. The molecule has 0 atom stereocenters. The molecule has 3 aromatic carbocycles. The number of fused-ring (bicyclic) bond motifs is 1. The molecule has 0 unspecified atom stereocenters. The molecule has 27 heavy (non-hydrogen) atoms. The van der Waals surface area contributed by atoms with Crippen LogP contribution in [0.15, 0.2) is 66.7 Å². The van der Waals surface area contributed by atoms with E-state index in [9.17, 15) is 4.79 Å². The van der Waals surface area contributed by atoms with E-state index in [2.05, 4.69) is 34.6 Å². The lowest BCUT2D eigenvalue weighted by Crippen LogP contribution is -2.13. The molecule has 0 spiro atoms. The standard InChI is InChI=1S/C22H19N3O2/c1-14-7-3-4-8-16(14)15-11-12-17-19(13-15)24-25-21(17)23-22(26)18-9-5-6-10-20(18)27-2/h3-13H,1-2H3,(H2,23,24,25,26). The monoisotopic (exact) mass is 357 g/mol. The van der Waals surface area contributed by atoms with Crippen LogP contribution >= 0.6 is 0 Å². The van der Waals surface area contributed by atoms with Gasteiger partial charge < -0.3 is 10.1 Å². The quantitative estimate of drug-likeness (QED) is 0.551. The highest BCUT2D eigenvalue weighted by atomic mass is 16.5. The smallest absolute Gasteiger partial charge is 0.260 e. The van der Waals surface area contributed by atoms with E-state index in [1.54, 1.807) is 25.3 Å². The van der Waals surface area contributed by atoms with Crippen molar-refractivity contribution in [3.63, 3.8) is 0 Å². The summed E-state index contributed by atoms with van der Waals surface area (Å²) < 4.78 is 5.26. The maximum atomic E-state index is 12.6. The van der Waals surface area contributed by atoms with Crippen LogP contribution in [0.2, 0.25) is 0 Å². The van der Waals surface area contributed by atoms with Gasteiger partial charge in [-0.15, -0.1) is 0 Å². The Morgan fingerprint density at radius 2 is 1.81 bits per heavy atom. The third-order valence-corrected chi connectivity index (χ3v) is 4.60. The summed E-state index contributed by atoms with van der Waals surface area (Å²) in [7, 11) is 1.54. The van der Waals surface area contributed by atoms with Crippen molar-refractivity contribution in [2.24, 2.45) is 0 Å². The Kier molecular flexibility index (Phi) is 4.34. The Morgan fingerprint density at radius 1 is 1.04 bits per heavy atom. The number of anilines is 1. The molecule has 5 nitrogen and oxygen atoms in total. The second kappa shape index (κ2) is 6.96. The summed E-state index contributed by atoms with van der Waals surface area (Å²) >= 11 is 0. The summed E-state index contributed by atoms with van der Waals surface area (Å²) in [6.45, 7) is 2.09. The first-order valence-corrected chi connectivity index (χ1v) is 8.66. The second-order valence-corrected chi connectivity index (χ2v) is 6.30. The number of benzene rings is 3. The molecule has 1 heterocycles. The van der Waals surface area contributed by atoms with Crippen molar-refractivity contribution in [1.82, 2.24) is 10.2 Å². The maximum absolute atomic E-state index is 12.6. The van der Waals surface area contributed by atoms with Crippen LogP contribution in [-0.2, 0) is 0 Å². The lowest BCUT2D eigenvalue weighted by Gasteiger charge is -2.08. The predicted molar refractivity (Wildman–Crippen MR) is 107 cm³/mol. The molecule has 0 saturated carbocycles. The molecule has 0 bridgehead atoms. The molecule has 2 N–H and O–H groups in total. The third-order valence-electron chi connectivity index (χ3n) is 4.60. The van der Waals surface area contributed by atoms with Crippen molar-refractivity contribution >= 4 is 22.6 Å². The first-order valence-electron chi connectivity index (χ1n) is 8.66. The van der Waals surface area contributed by atoms with E-state index in [0.717, 1.165) is 16.5 Å². The summed E-state index contributed by atoms with van der Waals surface area (Å²) in [5, 5.41) is 11.0. The number of hydrogen-bond acceptors (Lipinski definition) is 3. The number of hydrogen-bond donors (Lipinski definition) is 2. The van der Waals surface area contributed by atoms with Crippen LogP contribution in [0, 0.1) is 6.92 Å². The first-order chi connectivity index (χ1) is 13.2. The Bertz CT molecular complexity index is 1130. The van der Waals surface area contributed by atoms with E-state index in [4.69, 9.17) is 4.74 Å². The molecule has 4 aromatic rings. The van der Waals surface area contributed by atoms with E-state index in [1.165, 1.54) is 11.1 Å². The van der Waals surface area contributed by atoms with Gasteiger partial charge in [-0.25, -0.2) is 0 Å². The Morgan fingerprint density at radius 3 is 2.63 bits per heavy atom. The molecular weight excluding hydrogens is 338 g/mol. The number of aromatic nitrogens is 2. The summed E-state index contributed by atoms with van der Waals surface area (Å²) in [4.78, 5) is 12.6. The fourth-order valence-electron chi connectivity index (χ4n) is 3.19. The number of aryl methyl sites for hydroxylation is 1. The van der Waals surface area contributed by atoms with E-state index in [-0.39, 0.29) is 5.91 Å². The number of para-hydroxylation sites is 1. The van der Waals surface area contributed by atoms with Crippen molar-refractivity contribution in [2.75, 3.05) is 12.4 Å². The van der Waals surface area contributed by atoms with Gasteiger partial charge in [-0.2, -0.15) is 5.10 Å². The van der Waals surface area contributed by atoms with Crippen LogP contribution in [0.4, 0.5) is 5.82 Å². The molecule has 0 aliphatic carbocycles. The topological polar surface area (TPSA) is 67.0 Å². The molecule has 4 rings (SSSR count). The largest absolute Gasteiger partial charge is 0.496 e. The van der Waals surface area contributed by atoms with Crippen LogP contribution in [0.1, 0.15) is 15.9 Å². The highest BCUT2D eigenvalue weighted by molar-refractivity contribution is 6.09. The second-order valence-electron chi connectivity index (χ2n) is 6.30. The van der Waals surface area contributed by atoms with E-state index < -0.39 is 0 Å². The van der Waals surface area contributed by atoms with Crippen LogP contribution in [-0.4, -0.2) is 23.2 Å². The predicted octanol–water partition coefficient (Wildman–Crippen LogP) is 4.80. The van der Waals surface area contributed by atoms with Gasteiger partial charge >= 0.3 is 0 Å². The van der Waals surface area contributed by atoms with Gasteiger partial charge in [0.05, 0.1) is 18.2 Å². The summed E-state index contributed by atoms with van der Waals surface area (Å²) in [5.74, 6) is 0.762. The fourth-order valence-corrected chi connectivity index (χ4v) is 3.19. The van der Waals surface area contributed by atoms with Crippen LogP contribution < -0.4 is 10.1 Å². The van der Waals surface area contributed by atoms with Crippen molar-refractivity contribution in [2.45, 2.75) is 6.92 Å². The highest BCUT2D eigenvalue weighted by Crippen LogP contribution is 2.29. The van der Waals surface area contributed by atoms with E-state index in [1.807, 2.05) is 36.4 Å². The number of amides is 1. The molecule has 1 aromatic heterocycles. The van der Waals surface area contributed by atoms with Gasteiger partial charge in [0, 0.05) is 5.39 Å². The van der Waals surface area contributed by atoms with Crippen molar-refractivity contribution < 1.29 is 9.53 Å². The molecule has 0 fully saturated rings. The molecule has 0 saturated heterocycles. The normalized spacial score (nSPS) is 10.7. The molecule has 1 amide bonds. The number of H-pyrrole nitrogens is 1. The Hall–Kier alpha value is -3.60. The van der Waals surface area contributed by atoms with Gasteiger partial charge in [0.1, 0.15) is 5.75 Å². The fraction of sp³-hybridized carbons (Fsp3) is 0.0909. The number of methoxy groups -OCH3 is 1. The average molecular weight is 357 g/mol. The van der Waals surface area contributed by atoms with Gasteiger partial charge in [-0.3, -0.25) is 9.89 Å². The number of rotatable bonds is 4. The zero-order valence-corrected chi connectivity index (χ0v) is 15.1. The number of ether oxygens (including phenoxy) is 1. The summed E-state index contributed by atoms with van der Waals surface area (Å²) in [5.41, 5.74) is 4.82. The SMILES string of the molecule is COc1ccccc1C(=O)Nc1n[nH]c2cc(-c3ccccc3C)ccc12. The molecule has 0 aliphatic rings. The third kappa shape index (κ3) is 3.15. The lowest BCUT2D eigenvalue weighted by atomic mass is 10.00. The van der Waals surface area contributed by atoms with Crippen LogP contribution in [0.5, 0.6) is 5.75 Å². The molecule has 134 valence electrons. The summed E-state index contributed by atoms with van der Waals surface area (Å²) in [6, 6.07) is 21.4. The van der Waals surface area contributed by atoms with Gasteiger partial charge in [0.15, 0.2) is 5.82 Å². The number of carbonyl (C=O) groups excluding carboxylic acids is 1. The van der Waals surface area contributed by atoms with Crippen molar-refractivity contribution in [3.8, 4) is 16.9 Å². The van der Waals surface area contributed by atoms with Crippen LogP contribution in [0.25, 0.3) is 22.0 Å². The van der Waals surface area contributed by atoms with E-state index in [0.29, 0.717) is 17.1 Å². The van der Waals surface area contributed by atoms with Crippen molar-refractivity contribution in [3.05, 3.63) is 77.9 Å². The maximum Gasteiger partial charge on any atom is 0.260 e. The zero-order chi connectivity index (χ0) is 18.8. The van der Waals surface area contributed by atoms with Crippen molar-refractivity contribution in [1.29, 1.82) is 0 Å². The lowest BCUT2D eigenvalue weighted by molar-refractivity contribution is 0.102. The molecular formula is C22H19N3O2. The zero-order valence-electron chi connectivity index (χ0n) is 15.1. The molecule has 0 radical (unpaired) electrons. The summed E-state index contributed by atoms with van der Waals surface area (Å²) in [6.07, 6.45) is 0. The Balaban J connectivity index is 1.66.